The number of para-hydroxylation sites is 1. The number of fused-ring (bicyclic) bond motifs is 1. The molecule has 0 aliphatic heterocycles. The third kappa shape index (κ3) is 6.68. The average molecular weight is 497 g/mol. The zero-order valence-electron chi connectivity index (χ0n) is 16.6. The number of halogens is 1. The second kappa shape index (κ2) is 11.9. The summed E-state index contributed by atoms with van der Waals surface area (Å²) in [5, 5.41) is 10.8. The second-order valence-electron chi connectivity index (χ2n) is 7.18. The number of hydrogen-bond donors (Lipinski definition) is 3. The number of guanidine groups is 1. The van der Waals surface area contributed by atoms with E-state index >= 15 is 0 Å². The van der Waals surface area contributed by atoms with E-state index in [9.17, 15) is 4.79 Å². The van der Waals surface area contributed by atoms with Gasteiger partial charge in [0.05, 0.1) is 6.54 Å². The molecule has 0 radical (unpaired) electrons. The Morgan fingerprint density at radius 1 is 1.14 bits per heavy atom. The molecule has 2 aromatic rings. The Kier molecular flexibility index (Phi) is 9.60. The topological polar surface area (TPSA) is 70.5 Å². The Morgan fingerprint density at radius 2 is 1.93 bits per heavy atom. The number of benzene rings is 1. The Labute approximate surface area is 184 Å². The highest BCUT2D eigenvalue weighted by atomic mass is 127. The van der Waals surface area contributed by atoms with Crippen LogP contribution in [0.25, 0.3) is 10.9 Å². The third-order valence-electron chi connectivity index (χ3n) is 5.16. The first-order valence-electron chi connectivity index (χ1n) is 10.0. The number of aromatic nitrogens is 1. The molecule has 0 atom stereocenters. The van der Waals surface area contributed by atoms with Gasteiger partial charge in [-0.15, -0.1) is 24.0 Å². The van der Waals surface area contributed by atoms with Gasteiger partial charge in [-0.3, -0.25) is 9.79 Å². The first-order chi connectivity index (χ1) is 13.3. The quantitative estimate of drug-likeness (QED) is 0.238. The van der Waals surface area contributed by atoms with Crippen molar-refractivity contribution in [2.24, 2.45) is 4.99 Å². The summed E-state index contributed by atoms with van der Waals surface area (Å²) in [5.74, 6) is 0.717. The van der Waals surface area contributed by atoms with Gasteiger partial charge in [0.25, 0.3) is 0 Å². The van der Waals surface area contributed by atoms with Crippen molar-refractivity contribution in [1.82, 2.24) is 20.5 Å². The van der Waals surface area contributed by atoms with Gasteiger partial charge in [0.2, 0.25) is 5.91 Å². The van der Waals surface area contributed by atoms with Crippen LogP contribution in [-0.4, -0.2) is 42.6 Å². The van der Waals surface area contributed by atoms with E-state index in [0.29, 0.717) is 12.0 Å². The molecular weight excluding hydrogens is 465 g/mol. The van der Waals surface area contributed by atoms with Gasteiger partial charge in [0.15, 0.2) is 5.96 Å². The molecule has 1 fully saturated rings. The van der Waals surface area contributed by atoms with E-state index in [0.717, 1.165) is 32.4 Å². The molecule has 3 rings (SSSR count). The number of nitrogens with one attached hydrogen (secondary N) is 3. The SMILES string of the molecule is CN=C(NCCCn1ccc2ccccc21)NCC(=O)NC1CCCCC1.I. The van der Waals surface area contributed by atoms with E-state index in [1.165, 1.54) is 30.2 Å². The first-order valence-corrected chi connectivity index (χ1v) is 10.0. The van der Waals surface area contributed by atoms with Gasteiger partial charge < -0.3 is 20.5 Å². The predicted molar refractivity (Wildman–Crippen MR) is 126 cm³/mol. The summed E-state index contributed by atoms with van der Waals surface area (Å²) in [5.41, 5.74) is 1.26. The minimum atomic E-state index is 0. The highest BCUT2D eigenvalue weighted by molar-refractivity contribution is 14.0. The van der Waals surface area contributed by atoms with Crippen molar-refractivity contribution in [2.75, 3.05) is 20.1 Å². The molecule has 1 saturated carbocycles. The predicted octanol–water partition coefficient (Wildman–Crippen LogP) is 3.26. The molecule has 6 nitrogen and oxygen atoms in total. The normalized spacial score (nSPS) is 15.1. The van der Waals surface area contributed by atoms with E-state index in [4.69, 9.17) is 0 Å². The summed E-state index contributed by atoms with van der Waals surface area (Å²) < 4.78 is 2.27. The lowest BCUT2D eigenvalue weighted by Gasteiger charge is -2.23. The second-order valence-corrected chi connectivity index (χ2v) is 7.18. The van der Waals surface area contributed by atoms with Gasteiger partial charge >= 0.3 is 0 Å². The van der Waals surface area contributed by atoms with Gasteiger partial charge in [0, 0.05) is 37.9 Å². The Balaban J connectivity index is 0.00000280. The fourth-order valence-corrected chi connectivity index (χ4v) is 3.70. The van der Waals surface area contributed by atoms with Gasteiger partial charge in [-0.05, 0) is 36.8 Å². The Bertz CT molecular complexity index is 767. The number of hydrogen-bond acceptors (Lipinski definition) is 2. The summed E-state index contributed by atoms with van der Waals surface area (Å²) in [6.07, 6.45) is 9.05. The van der Waals surface area contributed by atoms with Crippen molar-refractivity contribution in [3.63, 3.8) is 0 Å². The highest BCUT2D eigenvalue weighted by Gasteiger charge is 2.15. The molecule has 1 aromatic heterocycles. The number of aryl methyl sites for hydroxylation is 1. The van der Waals surface area contributed by atoms with Crippen LogP contribution in [0.3, 0.4) is 0 Å². The van der Waals surface area contributed by atoms with Crippen LogP contribution in [0.15, 0.2) is 41.5 Å². The van der Waals surface area contributed by atoms with Crippen molar-refractivity contribution in [1.29, 1.82) is 0 Å². The van der Waals surface area contributed by atoms with Crippen LogP contribution < -0.4 is 16.0 Å². The number of nitrogens with zero attached hydrogens (tertiary/aromatic N) is 2. The highest BCUT2D eigenvalue weighted by Crippen LogP contribution is 2.17. The minimum Gasteiger partial charge on any atom is -0.356 e. The standard InChI is InChI=1S/C21H31N5O.HI/c1-22-21(24-16-20(27)25-18-9-3-2-4-10-18)23-13-7-14-26-15-12-17-8-5-6-11-19(17)26;/h5-6,8,11-12,15,18H,2-4,7,9-10,13-14,16H2,1H3,(H,25,27)(H2,22,23,24);1H. The van der Waals surface area contributed by atoms with Crippen molar-refractivity contribution in [3.8, 4) is 0 Å². The van der Waals surface area contributed by atoms with Crippen LogP contribution in [0.5, 0.6) is 0 Å². The number of carbonyl (C=O) groups is 1. The maximum Gasteiger partial charge on any atom is 0.239 e. The third-order valence-corrected chi connectivity index (χ3v) is 5.16. The van der Waals surface area contributed by atoms with E-state index in [-0.39, 0.29) is 36.4 Å². The lowest BCUT2D eigenvalue weighted by Crippen LogP contribution is -2.46. The molecule has 3 N–H and O–H groups in total. The van der Waals surface area contributed by atoms with Gasteiger partial charge in [-0.25, -0.2) is 0 Å². The molecule has 1 heterocycles. The Morgan fingerprint density at radius 3 is 2.71 bits per heavy atom. The van der Waals surface area contributed by atoms with E-state index in [1.807, 2.05) is 0 Å². The summed E-state index contributed by atoms with van der Waals surface area (Å²) in [4.78, 5) is 16.3. The molecule has 154 valence electrons. The molecule has 1 aliphatic rings. The number of amides is 1. The first kappa shape index (κ1) is 22.5. The van der Waals surface area contributed by atoms with E-state index < -0.39 is 0 Å². The molecule has 7 heteroatoms. The molecule has 0 unspecified atom stereocenters. The molecule has 1 aliphatic carbocycles. The smallest absolute Gasteiger partial charge is 0.239 e. The molecule has 1 amide bonds. The zero-order valence-corrected chi connectivity index (χ0v) is 18.9. The molecule has 0 spiro atoms. The van der Waals surface area contributed by atoms with Crippen molar-refractivity contribution >= 4 is 46.7 Å². The van der Waals surface area contributed by atoms with Gasteiger partial charge in [-0.2, -0.15) is 0 Å². The van der Waals surface area contributed by atoms with E-state index in [1.54, 1.807) is 7.05 Å². The van der Waals surface area contributed by atoms with Crippen molar-refractivity contribution in [2.45, 2.75) is 51.1 Å². The molecular formula is C21H32IN5O. The van der Waals surface area contributed by atoms with Crippen molar-refractivity contribution in [3.05, 3.63) is 36.5 Å². The lowest BCUT2D eigenvalue weighted by molar-refractivity contribution is -0.120. The van der Waals surface area contributed by atoms with Gasteiger partial charge in [-0.1, -0.05) is 37.5 Å². The maximum atomic E-state index is 12.1. The summed E-state index contributed by atoms with van der Waals surface area (Å²) in [6, 6.07) is 10.9. The van der Waals surface area contributed by atoms with Crippen LogP contribution in [-0.2, 0) is 11.3 Å². The number of carbonyl (C=O) groups excluding carboxylic acids is 1. The van der Waals surface area contributed by atoms with Crippen molar-refractivity contribution < 1.29 is 4.79 Å². The Hall–Kier alpha value is -1.77. The molecule has 1 aromatic carbocycles. The van der Waals surface area contributed by atoms with Crippen LogP contribution >= 0.6 is 24.0 Å². The summed E-state index contributed by atoms with van der Waals surface area (Å²) in [7, 11) is 1.73. The zero-order chi connectivity index (χ0) is 18.9. The number of rotatable bonds is 7. The maximum absolute atomic E-state index is 12.1. The fourth-order valence-electron chi connectivity index (χ4n) is 3.70. The average Bonchev–Trinajstić information content (AvgIpc) is 3.11. The minimum absolute atomic E-state index is 0. The van der Waals surface area contributed by atoms with Crippen LogP contribution in [0.4, 0.5) is 0 Å². The van der Waals surface area contributed by atoms with E-state index in [2.05, 4.69) is 62.0 Å². The molecule has 0 saturated heterocycles. The number of aliphatic imine (C=N–C) groups is 1. The summed E-state index contributed by atoms with van der Waals surface area (Å²) in [6.45, 7) is 2.01. The van der Waals surface area contributed by atoms with Crippen LogP contribution in [0.2, 0.25) is 0 Å². The van der Waals surface area contributed by atoms with Crippen LogP contribution in [0.1, 0.15) is 38.5 Å². The lowest BCUT2D eigenvalue weighted by atomic mass is 9.95. The monoisotopic (exact) mass is 497 g/mol. The largest absolute Gasteiger partial charge is 0.356 e. The summed E-state index contributed by atoms with van der Waals surface area (Å²) >= 11 is 0. The molecule has 0 bridgehead atoms. The van der Waals surface area contributed by atoms with Crippen LogP contribution in [0, 0.1) is 0 Å². The molecule has 28 heavy (non-hydrogen) atoms. The fraction of sp³-hybridized carbons (Fsp3) is 0.524. The van der Waals surface area contributed by atoms with Gasteiger partial charge in [0.1, 0.15) is 0 Å².